The van der Waals surface area contributed by atoms with Crippen molar-refractivity contribution in [2.75, 3.05) is 7.05 Å². The Morgan fingerprint density at radius 2 is 1.88 bits per heavy atom. The Bertz CT molecular complexity index is 504. The molecule has 1 aromatic heterocycles. The van der Waals surface area contributed by atoms with E-state index in [9.17, 15) is 0 Å². The van der Waals surface area contributed by atoms with Gasteiger partial charge in [-0.15, -0.1) is 0 Å². The molecule has 0 aliphatic heterocycles. The van der Waals surface area contributed by atoms with Crippen molar-refractivity contribution in [1.82, 2.24) is 4.98 Å². The van der Waals surface area contributed by atoms with Gasteiger partial charge in [-0.25, -0.2) is 0 Å². The van der Waals surface area contributed by atoms with Crippen molar-refractivity contribution in [3.63, 3.8) is 0 Å². The van der Waals surface area contributed by atoms with Crippen molar-refractivity contribution < 1.29 is 0 Å². The Morgan fingerprint density at radius 3 is 2.56 bits per heavy atom. The predicted molar refractivity (Wildman–Crippen MR) is 66.3 cm³/mol. The van der Waals surface area contributed by atoms with Gasteiger partial charge in [0.2, 0.25) is 0 Å². The molecule has 0 unspecified atom stereocenters. The molecule has 0 radical (unpaired) electrons. The summed E-state index contributed by atoms with van der Waals surface area (Å²) in [7, 11) is 1.68. The molecule has 3 nitrogen and oxygen atoms in total. The quantitative estimate of drug-likeness (QED) is 0.610. The van der Waals surface area contributed by atoms with Crippen LogP contribution in [0.4, 0.5) is 0 Å². The van der Waals surface area contributed by atoms with Crippen LogP contribution in [-0.4, -0.2) is 17.9 Å². The normalized spacial score (nSPS) is 11.4. The van der Waals surface area contributed by atoms with E-state index in [0.717, 1.165) is 16.8 Å². The van der Waals surface area contributed by atoms with E-state index >= 15 is 0 Å². The van der Waals surface area contributed by atoms with Gasteiger partial charge >= 0.3 is 0 Å². The van der Waals surface area contributed by atoms with E-state index in [1.165, 1.54) is 0 Å². The zero-order valence-electron chi connectivity index (χ0n) is 9.09. The number of rotatable bonds is 2. The first-order valence-corrected chi connectivity index (χ1v) is 5.06. The molecule has 16 heavy (non-hydrogen) atoms. The summed E-state index contributed by atoms with van der Waals surface area (Å²) in [6, 6.07) is 13.7. The summed E-state index contributed by atoms with van der Waals surface area (Å²) >= 11 is 0. The van der Waals surface area contributed by atoms with Gasteiger partial charge in [0, 0.05) is 24.4 Å². The van der Waals surface area contributed by atoms with E-state index in [1.807, 2.05) is 42.5 Å². The Balaban J connectivity index is 2.58. The molecule has 1 aromatic carbocycles. The number of nitrogens with zero attached hydrogens (tertiary/aromatic N) is 2. The van der Waals surface area contributed by atoms with E-state index in [2.05, 4.69) is 9.98 Å². The lowest BCUT2D eigenvalue weighted by molar-refractivity contribution is 1.29. The molecule has 80 valence electrons. The zero-order chi connectivity index (χ0) is 11.4. The Hall–Kier alpha value is -2.16. The summed E-state index contributed by atoms with van der Waals surface area (Å²) in [5.41, 5.74) is 8.63. The van der Waals surface area contributed by atoms with Crippen molar-refractivity contribution >= 4 is 5.84 Å². The van der Waals surface area contributed by atoms with Crippen molar-refractivity contribution in [3.05, 3.63) is 54.2 Å². The first-order valence-electron chi connectivity index (χ1n) is 5.06. The van der Waals surface area contributed by atoms with Gasteiger partial charge in [-0.3, -0.25) is 9.98 Å². The highest BCUT2D eigenvalue weighted by Crippen LogP contribution is 2.20. The van der Waals surface area contributed by atoms with Crippen molar-refractivity contribution in [2.24, 2.45) is 10.7 Å². The maximum absolute atomic E-state index is 5.84. The third-order valence-corrected chi connectivity index (χ3v) is 2.37. The third kappa shape index (κ3) is 1.93. The molecule has 0 saturated heterocycles. The van der Waals surface area contributed by atoms with Crippen molar-refractivity contribution in [3.8, 4) is 11.3 Å². The standard InChI is InChI=1S/C13H13N3/c1-15-13(14)11-8-5-9-16-12(11)10-6-3-2-4-7-10/h2-9H,1H3,(H2,14,15). The van der Waals surface area contributed by atoms with Crippen LogP contribution in [0.25, 0.3) is 11.3 Å². The summed E-state index contributed by atoms with van der Waals surface area (Å²) < 4.78 is 0. The van der Waals surface area contributed by atoms with Gasteiger partial charge in [0.25, 0.3) is 0 Å². The zero-order valence-corrected chi connectivity index (χ0v) is 9.09. The van der Waals surface area contributed by atoms with Crippen LogP contribution < -0.4 is 5.73 Å². The minimum absolute atomic E-state index is 0.506. The number of aromatic nitrogens is 1. The van der Waals surface area contributed by atoms with Gasteiger partial charge < -0.3 is 5.73 Å². The molecular formula is C13H13N3. The van der Waals surface area contributed by atoms with Gasteiger partial charge in [0.05, 0.1) is 5.69 Å². The summed E-state index contributed by atoms with van der Waals surface area (Å²) in [5.74, 6) is 0.506. The van der Waals surface area contributed by atoms with Crippen LogP contribution in [-0.2, 0) is 0 Å². The molecule has 0 aliphatic rings. The average molecular weight is 211 g/mol. The van der Waals surface area contributed by atoms with Crippen LogP contribution in [0.1, 0.15) is 5.56 Å². The highest BCUT2D eigenvalue weighted by Gasteiger charge is 2.07. The van der Waals surface area contributed by atoms with Crippen LogP contribution in [0.15, 0.2) is 53.7 Å². The van der Waals surface area contributed by atoms with E-state index < -0.39 is 0 Å². The fourth-order valence-corrected chi connectivity index (χ4v) is 1.56. The number of amidine groups is 1. The largest absolute Gasteiger partial charge is 0.383 e. The van der Waals surface area contributed by atoms with E-state index in [-0.39, 0.29) is 0 Å². The van der Waals surface area contributed by atoms with Crippen LogP contribution in [0.3, 0.4) is 0 Å². The molecule has 0 amide bonds. The predicted octanol–water partition coefficient (Wildman–Crippen LogP) is 2.08. The molecule has 0 spiro atoms. The molecule has 1 heterocycles. The van der Waals surface area contributed by atoms with Gasteiger partial charge in [0.15, 0.2) is 0 Å². The molecule has 0 bridgehead atoms. The summed E-state index contributed by atoms with van der Waals surface area (Å²) in [4.78, 5) is 8.36. The third-order valence-electron chi connectivity index (χ3n) is 2.37. The van der Waals surface area contributed by atoms with E-state index in [0.29, 0.717) is 5.84 Å². The molecule has 3 heteroatoms. The first-order chi connectivity index (χ1) is 7.83. The van der Waals surface area contributed by atoms with Crippen LogP contribution in [0.2, 0.25) is 0 Å². The maximum Gasteiger partial charge on any atom is 0.127 e. The number of hydrogen-bond donors (Lipinski definition) is 1. The Morgan fingerprint density at radius 1 is 1.12 bits per heavy atom. The average Bonchev–Trinajstić information content (AvgIpc) is 2.39. The van der Waals surface area contributed by atoms with Crippen LogP contribution in [0, 0.1) is 0 Å². The second kappa shape index (κ2) is 4.57. The summed E-state index contributed by atoms with van der Waals surface area (Å²) in [6.45, 7) is 0. The van der Waals surface area contributed by atoms with Gasteiger partial charge in [-0.2, -0.15) is 0 Å². The number of benzene rings is 1. The fraction of sp³-hybridized carbons (Fsp3) is 0.0769. The molecule has 2 aromatic rings. The fourth-order valence-electron chi connectivity index (χ4n) is 1.56. The lowest BCUT2D eigenvalue weighted by Crippen LogP contribution is -2.14. The lowest BCUT2D eigenvalue weighted by Gasteiger charge is -2.07. The highest BCUT2D eigenvalue weighted by molar-refractivity contribution is 6.02. The second-order valence-electron chi connectivity index (χ2n) is 3.37. The molecule has 0 aliphatic carbocycles. The molecule has 0 fully saturated rings. The van der Waals surface area contributed by atoms with Crippen molar-refractivity contribution in [1.29, 1.82) is 0 Å². The second-order valence-corrected chi connectivity index (χ2v) is 3.37. The molecule has 0 saturated carbocycles. The SMILES string of the molecule is CN=C(N)c1cccnc1-c1ccccc1. The number of hydrogen-bond acceptors (Lipinski definition) is 2. The van der Waals surface area contributed by atoms with Gasteiger partial charge in [-0.05, 0) is 12.1 Å². The van der Waals surface area contributed by atoms with Crippen molar-refractivity contribution in [2.45, 2.75) is 0 Å². The topological polar surface area (TPSA) is 51.3 Å². The number of pyridine rings is 1. The van der Waals surface area contributed by atoms with E-state index in [1.54, 1.807) is 13.2 Å². The minimum Gasteiger partial charge on any atom is -0.383 e. The molecule has 2 N–H and O–H groups in total. The Labute approximate surface area is 94.7 Å². The lowest BCUT2D eigenvalue weighted by atomic mass is 10.1. The molecule has 0 atom stereocenters. The summed E-state index contributed by atoms with van der Waals surface area (Å²) in [5, 5.41) is 0. The van der Waals surface area contributed by atoms with Gasteiger partial charge in [-0.1, -0.05) is 30.3 Å². The monoisotopic (exact) mass is 211 g/mol. The Kier molecular flexibility index (Phi) is 2.96. The highest BCUT2D eigenvalue weighted by atomic mass is 14.8. The first kappa shape index (κ1) is 10.4. The minimum atomic E-state index is 0.506. The molecule has 2 rings (SSSR count). The van der Waals surface area contributed by atoms with E-state index in [4.69, 9.17) is 5.73 Å². The van der Waals surface area contributed by atoms with Crippen LogP contribution in [0.5, 0.6) is 0 Å². The number of nitrogens with two attached hydrogens (primary N) is 1. The van der Waals surface area contributed by atoms with Crippen LogP contribution >= 0.6 is 0 Å². The maximum atomic E-state index is 5.84. The van der Waals surface area contributed by atoms with Gasteiger partial charge in [0.1, 0.15) is 5.84 Å². The smallest absolute Gasteiger partial charge is 0.127 e. The number of aliphatic imine (C=N–C) groups is 1. The molecular weight excluding hydrogens is 198 g/mol. The summed E-state index contributed by atoms with van der Waals surface area (Å²) in [6.07, 6.45) is 1.76.